The lowest BCUT2D eigenvalue weighted by molar-refractivity contribution is -0.185. The van der Waals surface area contributed by atoms with Gasteiger partial charge in [-0.3, -0.25) is 0 Å². The van der Waals surface area contributed by atoms with Crippen molar-refractivity contribution in [1.82, 2.24) is 4.90 Å². The molecule has 0 spiro atoms. The number of fused-ring (bicyclic) bond motifs is 1. The van der Waals surface area contributed by atoms with E-state index in [2.05, 4.69) is 0 Å². The summed E-state index contributed by atoms with van der Waals surface area (Å²) in [5, 5.41) is 0. The van der Waals surface area contributed by atoms with Crippen LogP contribution < -0.4 is 5.73 Å². The molecule has 6 heteroatoms. The number of halogens is 3. The van der Waals surface area contributed by atoms with Crippen LogP contribution in [0.5, 0.6) is 0 Å². The Morgan fingerprint density at radius 3 is 2.63 bits per heavy atom. The first-order valence-electron chi connectivity index (χ1n) is 6.03. The van der Waals surface area contributed by atoms with E-state index in [9.17, 15) is 18.0 Å². The predicted octanol–water partition coefficient (Wildman–Crippen LogP) is 2.86. The molecule has 2 atom stereocenters. The highest BCUT2D eigenvalue weighted by atomic mass is 19.4. The molecule has 3 nitrogen and oxygen atoms in total. The Balaban J connectivity index is 2.47. The predicted molar refractivity (Wildman–Crippen MR) is 64.4 cm³/mol. The van der Waals surface area contributed by atoms with Crippen molar-refractivity contribution >= 4 is 6.03 Å². The van der Waals surface area contributed by atoms with Gasteiger partial charge in [0.15, 0.2) is 0 Å². The molecule has 0 radical (unpaired) electrons. The highest BCUT2D eigenvalue weighted by Crippen LogP contribution is 2.42. The van der Waals surface area contributed by atoms with Crippen molar-refractivity contribution in [2.45, 2.75) is 25.6 Å². The van der Waals surface area contributed by atoms with E-state index in [1.165, 1.54) is 0 Å². The van der Waals surface area contributed by atoms with Gasteiger partial charge in [0.2, 0.25) is 0 Å². The number of nitrogens with zero attached hydrogens (tertiary/aromatic N) is 1. The minimum atomic E-state index is -4.37. The van der Waals surface area contributed by atoms with Crippen LogP contribution >= 0.6 is 0 Å². The van der Waals surface area contributed by atoms with E-state index in [1.807, 2.05) is 0 Å². The molecule has 2 rings (SSSR count). The van der Waals surface area contributed by atoms with E-state index >= 15 is 0 Å². The normalized spacial score (nSPS) is 20.8. The molecule has 0 bridgehead atoms. The summed E-state index contributed by atoms with van der Waals surface area (Å²) in [7, 11) is 0. The number of amides is 2. The van der Waals surface area contributed by atoms with Crippen molar-refractivity contribution in [3.05, 3.63) is 35.4 Å². The first-order chi connectivity index (χ1) is 8.82. The Hall–Kier alpha value is -1.72. The van der Waals surface area contributed by atoms with E-state index in [-0.39, 0.29) is 6.54 Å². The monoisotopic (exact) mass is 272 g/mol. The third-order valence-electron chi connectivity index (χ3n) is 3.60. The largest absolute Gasteiger partial charge is 0.393 e. The zero-order chi connectivity index (χ0) is 14.2. The Morgan fingerprint density at radius 1 is 1.42 bits per heavy atom. The number of alkyl halides is 3. The van der Waals surface area contributed by atoms with Gasteiger partial charge in [-0.2, -0.15) is 13.2 Å². The molecule has 2 N–H and O–H groups in total. The third-order valence-corrected chi connectivity index (χ3v) is 3.60. The summed E-state index contributed by atoms with van der Waals surface area (Å²) >= 11 is 0. The zero-order valence-corrected chi connectivity index (χ0v) is 10.4. The fraction of sp³-hybridized carbons (Fsp3) is 0.462. The topological polar surface area (TPSA) is 46.3 Å². The van der Waals surface area contributed by atoms with Crippen LogP contribution in [-0.4, -0.2) is 23.7 Å². The van der Waals surface area contributed by atoms with Crippen LogP contribution in [0.15, 0.2) is 24.3 Å². The molecule has 1 aromatic carbocycles. The molecule has 1 aliphatic rings. The van der Waals surface area contributed by atoms with E-state index in [0.717, 1.165) is 17.4 Å². The molecule has 1 unspecified atom stereocenters. The summed E-state index contributed by atoms with van der Waals surface area (Å²) in [6.45, 7) is 1.31. The van der Waals surface area contributed by atoms with Crippen molar-refractivity contribution < 1.29 is 18.0 Å². The molecule has 19 heavy (non-hydrogen) atoms. The van der Waals surface area contributed by atoms with Crippen LogP contribution in [-0.2, 0) is 6.42 Å². The van der Waals surface area contributed by atoms with Gasteiger partial charge in [-0.15, -0.1) is 0 Å². The Bertz CT molecular complexity index is 487. The number of benzene rings is 1. The second kappa shape index (κ2) is 4.75. The van der Waals surface area contributed by atoms with Gasteiger partial charge in [0.25, 0.3) is 0 Å². The Kier molecular flexibility index (Phi) is 3.43. The van der Waals surface area contributed by atoms with Crippen LogP contribution in [0.25, 0.3) is 0 Å². The maximum Gasteiger partial charge on any atom is 0.393 e. The van der Waals surface area contributed by atoms with Crippen molar-refractivity contribution in [1.29, 1.82) is 0 Å². The maximum atomic E-state index is 13.0. The van der Waals surface area contributed by atoms with Gasteiger partial charge in [0.05, 0.1) is 12.0 Å². The molecule has 104 valence electrons. The van der Waals surface area contributed by atoms with E-state index in [1.54, 1.807) is 24.3 Å². The summed E-state index contributed by atoms with van der Waals surface area (Å²) in [6.07, 6.45) is -3.84. The molecule has 1 aliphatic heterocycles. The Labute approximate surface area is 109 Å². The summed E-state index contributed by atoms with van der Waals surface area (Å²) < 4.78 is 39.0. The van der Waals surface area contributed by atoms with Gasteiger partial charge in [0, 0.05) is 6.54 Å². The molecule has 0 fully saturated rings. The minimum Gasteiger partial charge on any atom is -0.351 e. The van der Waals surface area contributed by atoms with Crippen LogP contribution in [0.2, 0.25) is 0 Å². The Morgan fingerprint density at radius 2 is 2.05 bits per heavy atom. The van der Waals surface area contributed by atoms with Crippen LogP contribution in [0.4, 0.5) is 18.0 Å². The van der Waals surface area contributed by atoms with E-state index in [0.29, 0.717) is 12.0 Å². The highest BCUT2D eigenvalue weighted by molar-refractivity contribution is 5.73. The fourth-order valence-electron chi connectivity index (χ4n) is 2.56. The second-order valence-corrected chi connectivity index (χ2v) is 4.76. The van der Waals surface area contributed by atoms with Gasteiger partial charge < -0.3 is 10.6 Å². The van der Waals surface area contributed by atoms with Crippen LogP contribution in [0, 0.1) is 5.92 Å². The van der Waals surface area contributed by atoms with E-state index < -0.39 is 24.2 Å². The molecular formula is C13H15F3N2O. The number of urea groups is 1. The fourth-order valence-corrected chi connectivity index (χ4v) is 2.56. The van der Waals surface area contributed by atoms with Gasteiger partial charge in [-0.05, 0) is 17.5 Å². The quantitative estimate of drug-likeness (QED) is 0.839. The molecule has 1 heterocycles. The van der Waals surface area contributed by atoms with Gasteiger partial charge in [0.1, 0.15) is 0 Å². The van der Waals surface area contributed by atoms with Crippen molar-refractivity contribution in [2.24, 2.45) is 11.7 Å². The van der Waals surface area contributed by atoms with Crippen molar-refractivity contribution in [2.75, 3.05) is 6.54 Å². The number of primary amides is 1. The van der Waals surface area contributed by atoms with E-state index in [4.69, 9.17) is 5.73 Å². The van der Waals surface area contributed by atoms with Crippen molar-refractivity contribution in [3.8, 4) is 0 Å². The number of rotatable bonds is 1. The molecule has 0 aliphatic carbocycles. The van der Waals surface area contributed by atoms with Crippen LogP contribution in [0.1, 0.15) is 24.1 Å². The van der Waals surface area contributed by atoms with Gasteiger partial charge >= 0.3 is 12.2 Å². The molecule has 0 aromatic heterocycles. The van der Waals surface area contributed by atoms with Gasteiger partial charge in [-0.1, -0.05) is 31.2 Å². The number of carbonyl (C=O) groups excluding carboxylic acids is 1. The summed E-state index contributed by atoms with van der Waals surface area (Å²) in [4.78, 5) is 12.5. The lowest BCUT2D eigenvalue weighted by Crippen LogP contribution is -2.48. The molecular weight excluding hydrogens is 257 g/mol. The first-order valence-corrected chi connectivity index (χ1v) is 6.03. The minimum absolute atomic E-state index is 0.220. The summed E-state index contributed by atoms with van der Waals surface area (Å²) in [5.41, 5.74) is 6.60. The molecule has 0 saturated carbocycles. The molecule has 2 amide bonds. The second-order valence-electron chi connectivity index (χ2n) is 4.76. The number of hydrogen-bond donors (Lipinski definition) is 1. The van der Waals surface area contributed by atoms with Gasteiger partial charge in [-0.25, -0.2) is 4.79 Å². The molecule has 0 saturated heterocycles. The number of nitrogens with two attached hydrogens (primary N) is 1. The molecule has 1 aromatic rings. The smallest absolute Gasteiger partial charge is 0.351 e. The summed E-state index contributed by atoms with van der Waals surface area (Å²) in [6, 6.07) is 5.05. The number of carbonyl (C=O) groups is 1. The number of hydrogen-bond acceptors (Lipinski definition) is 1. The zero-order valence-electron chi connectivity index (χ0n) is 10.4. The third kappa shape index (κ3) is 2.52. The lowest BCUT2D eigenvalue weighted by Gasteiger charge is -2.40. The summed E-state index contributed by atoms with van der Waals surface area (Å²) in [5.74, 6) is -1.65. The highest BCUT2D eigenvalue weighted by Gasteiger charge is 2.46. The maximum absolute atomic E-state index is 13.0. The average molecular weight is 272 g/mol. The lowest BCUT2D eigenvalue weighted by atomic mass is 9.85. The standard InChI is InChI=1S/C13H15F3N2O/c1-8(13(14,15)16)11-10-5-3-2-4-9(10)6-7-18(11)12(17)19/h2-5,8,11H,6-7H2,1H3,(H2,17,19)/t8-,11?/m0/s1. The average Bonchev–Trinajstić information content (AvgIpc) is 2.35. The van der Waals surface area contributed by atoms with Crippen LogP contribution in [0.3, 0.4) is 0 Å². The first kappa shape index (κ1) is 13.7. The SMILES string of the molecule is C[C@@H](C1c2ccccc2CCN1C(N)=O)C(F)(F)F. The van der Waals surface area contributed by atoms with Crippen molar-refractivity contribution in [3.63, 3.8) is 0 Å².